The molecule has 1 N–H and O–H groups in total. The maximum Gasteiger partial charge on any atom is 0.275 e. The molecule has 1 saturated heterocycles. The van der Waals surface area contributed by atoms with Crippen LogP contribution in [0.25, 0.3) is 0 Å². The molecule has 3 heterocycles. The lowest BCUT2D eigenvalue weighted by Gasteiger charge is -2.39. The molecule has 2 aliphatic rings. The molecule has 27 heavy (non-hydrogen) atoms. The van der Waals surface area contributed by atoms with E-state index in [9.17, 15) is 9.59 Å². The molecule has 0 saturated carbocycles. The number of rotatable bonds is 3. The van der Waals surface area contributed by atoms with Gasteiger partial charge in [-0.05, 0) is 49.3 Å². The number of carbonyl (C=O) groups is 2. The summed E-state index contributed by atoms with van der Waals surface area (Å²) in [5.74, 6) is -0.208. The number of nitrogens with zero attached hydrogens (tertiary/aromatic N) is 3. The summed E-state index contributed by atoms with van der Waals surface area (Å²) in [6, 6.07) is 7.97. The van der Waals surface area contributed by atoms with Crippen molar-refractivity contribution in [2.24, 2.45) is 0 Å². The Morgan fingerprint density at radius 2 is 2.04 bits per heavy atom. The zero-order chi connectivity index (χ0) is 19.0. The van der Waals surface area contributed by atoms with Crippen LogP contribution in [0.5, 0.6) is 0 Å². The molecule has 1 spiro atoms. The Morgan fingerprint density at radius 1 is 1.30 bits per heavy atom. The lowest BCUT2D eigenvalue weighted by Crippen LogP contribution is -2.46. The molecule has 1 atom stereocenters. The minimum absolute atomic E-state index is 0.0519. The highest BCUT2D eigenvalue weighted by Crippen LogP contribution is 2.49. The van der Waals surface area contributed by atoms with Crippen LogP contribution in [0, 0.1) is 0 Å². The van der Waals surface area contributed by atoms with Crippen molar-refractivity contribution < 1.29 is 14.3 Å². The summed E-state index contributed by atoms with van der Waals surface area (Å²) in [5, 5.41) is 8.49. The summed E-state index contributed by atoms with van der Waals surface area (Å²) < 4.78 is 10.1. The van der Waals surface area contributed by atoms with Crippen LogP contribution in [0.3, 0.4) is 0 Å². The van der Waals surface area contributed by atoms with Gasteiger partial charge in [0, 0.05) is 24.5 Å². The van der Waals surface area contributed by atoms with E-state index in [1.807, 2.05) is 38.1 Å². The highest BCUT2D eigenvalue weighted by Gasteiger charge is 2.49. The average Bonchev–Trinajstić information content (AvgIpc) is 3.29. The van der Waals surface area contributed by atoms with Crippen molar-refractivity contribution in [1.29, 1.82) is 0 Å². The number of piperidine rings is 1. The number of benzene rings is 1. The van der Waals surface area contributed by atoms with E-state index in [0.717, 1.165) is 11.1 Å². The van der Waals surface area contributed by atoms with Crippen LogP contribution in [0.1, 0.15) is 54.4 Å². The normalized spacial score (nSPS) is 20.7. The van der Waals surface area contributed by atoms with Gasteiger partial charge in [-0.3, -0.25) is 9.59 Å². The van der Waals surface area contributed by atoms with Crippen LogP contribution >= 0.6 is 11.5 Å². The summed E-state index contributed by atoms with van der Waals surface area (Å²) in [4.78, 5) is 27.0. The number of hydrogen-bond donors (Lipinski definition) is 1. The predicted octanol–water partition coefficient (Wildman–Crippen LogP) is 2.27. The Morgan fingerprint density at radius 3 is 2.70 bits per heavy atom. The predicted molar refractivity (Wildman–Crippen MR) is 100 cm³/mol. The summed E-state index contributed by atoms with van der Waals surface area (Å²) >= 11 is 1.17. The standard InChI is InChI=1S/C19H22N4O3S/c1-12(2)20-17(24)16-13-5-3-4-6-14(13)19(26-16)7-9-23(10-8-19)18(25)15-11-27-22-21-15/h3-6,11-12,16H,7-10H2,1-2H3,(H,20,24). The van der Waals surface area contributed by atoms with E-state index >= 15 is 0 Å². The van der Waals surface area contributed by atoms with Crippen LogP contribution in [-0.2, 0) is 15.1 Å². The lowest BCUT2D eigenvalue weighted by atomic mass is 9.83. The van der Waals surface area contributed by atoms with E-state index in [-0.39, 0.29) is 17.9 Å². The van der Waals surface area contributed by atoms with Crippen molar-refractivity contribution in [3.8, 4) is 0 Å². The largest absolute Gasteiger partial charge is 0.352 e. The first kappa shape index (κ1) is 18.1. The molecule has 1 aromatic carbocycles. The van der Waals surface area contributed by atoms with E-state index in [1.165, 1.54) is 11.5 Å². The zero-order valence-electron chi connectivity index (χ0n) is 15.3. The summed E-state index contributed by atoms with van der Waals surface area (Å²) in [6.45, 7) is 4.99. The molecule has 4 rings (SSSR count). The number of carbonyl (C=O) groups excluding carboxylic acids is 2. The van der Waals surface area contributed by atoms with E-state index in [1.54, 1.807) is 10.3 Å². The molecule has 2 amide bonds. The molecule has 142 valence electrons. The maximum atomic E-state index is 12.7. The Bertz CT molecular complexity index is 844. The summed E-state index contributed by atoms with van der Waals surface area (Å²) in [5.41, 5.74) is 1.86. The maximum absolute atomic E-state index is 12.7. The van der Waals surface area contributed by atoms with Gasteiger partial charge in [-0.15, -0.1) is 5.10 Å². The molecule has 8 heteroatoms. The molecule has 0 bridgehead atoms. The van der Waals surface area contributed by atoms with Gasteiger partial charge in [0.05, 0.1) is 5.60 Å². The minimum atomic E-state index is -0.603. The number of amides is 2. The van der Waals surface area contributed by atoms with Crippen LogP contribution < -0.4 is 5.32 Å². The van der Waals surface area contributed by atoms with Gasteiger partial charge in [0.15, 0.2) is 11.8 Å². The zero-order valence-corrected chi connectivity index (χ0v) is 16.2. The first-order valence-electron chi connectivity index (χ1n) is 9.14. The van der Waals surface area contributed by atoms with Gasteiger partial charge >= 0.3 is 0 Å². The minimum Gasteiger partial charge on any atom is -0.352 e. The van der Waals surface area contributed by atoms with Crippen molar-refractivity contribution >= 4 is 23.3 Å². The van der Waals surface area contributed by atoms with E-state index in [2.05, 4.69) is 14.9 Å². The van der Waals surface area contributed by atoms with Gasteiger partial charge in [-0.2, -0.15) is 0 Å². The lowest BCUT2D eigenvalue weighted by molar-refractivity contribution is -0.150. The van der Waals surface area contributed by atoms with Gasteiger partial charge in [-0.25, -0.2) is 0 Å². The Kier molecular flexibility index (Phi) is 4.69. The molecule has 7 nitrogen and oxygen atoms in total. The number of likely N-dealkylation sites (tertiary alicyclic amines) is 1. The number of fused-ring (bicyclic) bond motifs is 2. The Balaban J connectivity index is 1.54. The molecule has 0 aliphatic carbocycles. The van der Waals surface area contributed by atoms with Crippen LogP contribution in [-0.4, -0.2) is 45.4 Å². The molecular formula is C19H22N4O3S. The van der Waals surface area contributed by atoms with Crippen molar-refractivity contribution in [3.05, 3.63) is 46.5 Å². The molecule has 2 aromatic rings. The SMILES string of the molecule is CC(C)NC(=O)C1OC2(CCN(C(=O)c3csnn3)CC2)c2ccccc21. The first-order chi connectivity index (χ1) is 13.0. The van der Waals surface area contributed by atoms with Crippen molar-refractivity contribution in [2.75, 3.05) is 13.1 Å². The van der Waals surface area contributed by atoms with Gasteiger partial charge in [-0.1, -0.05) is 28.8 Å². The van der Waals surface area contributed by atoms with Crippen LogP contribution in [0.4, 0.5) is 0 Å². The number of ether oxygens (including phenoxy) is 1. The van der Waals surface area contributed by atoms with Gasteiger partial charge in [0.25, 0.3) is 11.8 Å². The quantitative estimate of drug-likeness (QED) is 0.875. The van der Waals surface area contributed by atoms with Crippen LogP contribution in [0.15, 0.2) is 29.6 Å². The van der Waals surface area contributed by atoms with Crippen molar-refractivity contribution in [1.82, 2.24) is 19.8 Å². The fourth-order valence-corrected chi connectivity index (χ4v) is 4.36. The third-order valence-corrected chi connectivity index (χ3v) is 5.69. The van der Waals surface area contributed by atoms with Gasteiger partial charge < -0.3 is 15.0 Å². The average molecular weight is 386 g/mol. The molecule has 1 unspecified atom stereocenters. The molecule has 1 fully saturated rings. The van der Waals surface area contributed by atoms with E-state index in [4.69, 9.17) is 4.74 Å². The van der Waals surface area contributed by atoms with Gasteiger partial charge in [0.2, 0.25) is 0 Å². The highest BCUT2D eigenvalue weighted by molar-refractivity contribution is 7.03. The Hall–Kier alpha value is -2.32. The Labute approximate surface area is 161 Å². The third kappa shape index (κ3) is 3.23. The van der Waals surface area contributed by atoms with E-state index in [0.29, 0.717) is 31.6 Å². The molecule has 2 aliphatic heterocycles. The van der Waals surface area contributed by atoms with E-state index < -0.39 is 11.7 Å². The highest BCUT2D eigenvalue weighted by atomic mass is 32.1. The first-order valence-corrected chi connectivity index (χ1v) is 9.98. The number of nitrogens with one attached hydrogen (secondary N) is 1. The number of hydrogen-bond acceptors (Lipinski definition) is 6. The second-order valence-electron chi connectivity index (χ2n) is 7.33. The number of aromatic nitrogens is 2. The second kappa shape index (κ2) is 7.01. The van der Waals surface area contributed by atoms with Crippen molar-refractivity contribution in [2.45, 2.75) is 44.4 Å². The smallest absolute Gasteiger partial charge is 0.275 e. The fraction of sp³-hybridized carbons (Fsp3) is 0.474. The summed E-state index contributed by atoms with van der Waals surface area (Å²) in [7, 11) is 0. The molecular weight excluding hydrogens is 364 g/mol. The summed E-state index contributed by atoms with van der Waals surface area (Å²) in [6.07, 6.45) is 0.700. The van der Waals surface area contributed by atoms with Gasteiger partial charge in [0.1, 0.15) is 0 Å². The van der Waals surface area contributed by atoms with Crippen molar-refractivity contribution in [3.63, 3.8) is 0 Å². The molecule has 1 aromatic heterocycles. The fourth-order valence-electron chi connectivity index (χ4n) is 3.93. The van der Waals surface area contributed by atoms with Crippen LogP contribution in [0.2, 0.25) is 0 Å². The monoisotopic (exact) mass is 386 g/mol. The molecule has 0 radical (unpaired) electrons. The second-order valence-corrected chi connectivity index (χ2v) is 7.93. The third-order valence-electron chi connectivity index (χ3n) is 5.18. The topological polar surface area (TPSA) is 84.4 Å².